The second-order valence-electron chi connectivity index (χ2n) is 2.87. The summed E-state index contributed by atoms with van der Waals surface area (Å²) in [4.78, 5) is 10.7. The van der Waals surface area contributed by atoms with Gasteiger partial charge in [-0.1, -0.05) is 0 Å². The quantitative estimate of drug-likeness (QED) is 0.746. The van der Waals surface area contributed by atoms with Crippen molar-refractivity contribution < 1.29 is 9.53 Å². The van der Waals surface area contributed by atoms with E-state index in [0.717, 1.165) is 27.6 Å². The van der Waals surface area contributed by atoms with Crippen LogP contribution < -0.4 is 4.74 Å². The van der Waals surface area contributed by atoms with Crippen LogP contribution in [-0.4, -0.2) is 13.4 Å². The van der Waals surface area contributed by atoms with Crippen molar-refractivity contribution in [3.05, 3.63) is 27.2 Å². The molecule has 70 valence electrons. The number of methoxy groups -OCH3 is 1. The van der Waals surface area contributed by atoms with E-state index in [9.17, 15) is 4.79 Å². The Kier molecular flexibility index (Phi) is 3.09. The summed E-state index contributed by atoms with van der Waals surface area (Å²) in [6.07, 6.45) is 0.854. The molecule has 2 nitrogen and oxygen atoms in total. The number of benzene rings is 1. The number of ether oxygens (including phenoxy) is 1. The Morgan fingerprint density at radius 1 is 1.46 bits per heavy atom. The lowest BCUT2D eigenvalue weighted by Crippen LogP contribution is -1.95. The molecule has 1 aromatic carbocycles. The van der Waals surface area contributed by atoms with E-state index < -0.39 is 0 Å². The van der Waals surface area contributed by atoms with Crippen LogP contribution in [0.1, 0.15) is 21.5 Å². The van der Waals surface area contributed by atoms with Gasteiger partial charge in [0.2, 0.25) is 0 Å². The molecule has 0 amide bonds. The molecule has 0 saturated heterocycles. The van der Waals surface area contributed by atoms with Gasteiger partial charge in [0.25, 0.3) is 0 Å². The van der Waals surface area contributed by atoms with E-state index in [4.69, 9.17) is 4.74 Å². The van der Waals surface area contributed by atoms with Crippen molar-refractivity contribution in [2.75, 3.05) is 7.11 Å². The number of carbonyl (C=O) groups is 1. The van der Waals surface area contributed by atoms with E-state index in [-0.39, 0.29) is 0 Å². The number of hydrogen-bond acceptors (Lipinski definition) is 2. The first-order valence-corrected chi connectivity index (χ1v) is 4.70. The van der Waals surface area contributed by atoms with E-state index >= 15 is 0 Å². The summed E-state index contributed by atoms with van der Waals surface area (Å²) in [5.41, 5.74) is 2.57. The summed E-state index contributed by atoms with van der Waals surface area (Å²) in [6.45, 7) is 3.80. The highest BCUT2D eigenvalue weighted by molar-refractivity contribution is 9.10. The monoisotopic (exact) mass is 242 g/mol. The zero-order valence-electron chi connectivity index (χ0n) is 7.85. The van der Waals surface area contributed by atoms with Crippen molar-refractivity contribution in [2.45, 2.75) is 13.8 Å². The fourth-order valence-electron chi connectivity index (χ4n) is 1.25. The molecule has 0 aliphatic rings. The average Bonchev–Trinajstić information content (AvgIpc) is 2.12. The van der Waals surface area contributed by atoms with E-state index in [2.05, 4.69) is 15.9 Å². The van der Waals surface area contributed by atoms with Crippen molar-refractivity contribution in [2.24, 2.45) is 0 Å². The average molecular weight is 243 g/mol. The third-order valence-electron chi connectivity index (χ3n) is 2.02. The van der Waals surface area contributed by atoms with Gasteiger partial charge >= 0.3 is 0 Å². The first-order chi connectivity index (χ1) is 6.11. The van der Waals surface area contributed by atoms with Crippen LogP contribution >= 0.6 is 15.9 Å². The smallest absolute Gasteiger partial charge is 0.150 e. The van der Waals surface area contributed by atoms with E-state index in [1.165, 1.54) is 0 Å². The van der Waals surface area contributed by atoms with Gasteiger partial charge in [-0.05, 0) is 47.0 Å². The first-order valence-electron chi connectivity index (χ1n) is 3.90. The Hall–Kier alpha value is -0.830. The summed E-state index contributed by atoms with van der Waals surface area (Å²) in [5.74, 6) is 0.795. The molecule has 0 unspecified atom stereocenters. The molecule has 13 heavy (non-hydrogen) atoms. The summed E-state index contributed by atoms with van der Waals surface area (Å²) in [7, 11) is 1.62. The maximum atomic E-state index is 10.7. The molecule has 0 aliphatic heterocycles. The second-order valence-corrected chi connectivity index (χ2v) is 3.67. The topological polar surface area (TPSA) is 26.3 Å². The molecule has 0 radical (unpaired) electrons. The number of halogens is 1. The minimum Gasteiger partial charge on any atom is -0.495 e. The number of hydrogen-bond donors (Lipinski definition) is 0. The second kappa shape index (κ2) is 3.92. The normalized spacial score (nSPS) is 9.85. The highest BCUT2D eigenvalue weighted by Crippen LogP contribution is 2.33. The Morgan fingerprint density at radius 2 is 2.08 bits per heavy atom. The van der Waals surface area contributed by atoms with Crippen LogP contribution in [0, 0.1) is 13.8 Å². The van der Waals surface area contributed by atoms with Crippen LogP contribution in [0.15, 0.2) is 10.5 Å². The van der Waals surface area contributed by atoms with Crippen molar-refractivity contribution >= 4 is 22.2 Å². The highest BCUT2D eigenvalue weighted by atomic mass is 79.9. The molecule has 0 saturated carbocycles. The van der Waals surface area contributed by atoms with Crippen LogP contribution in [0.2, 0.25) is 0 Å². The van der Waals surface area contributed by atoms with Gasteiger partial charge in [-0.2, -0.15) is 0 Å². The maximum absolute atomic E-state index is 10.7. The van der Waals surface area contributed by atoms with Crippen LogP contribution in [0.25, 0.3) is 0 Å². The molecule has 0 aliphatic carbocycles. The van der Waals surface area contributed by atoms with Crippen LogP contribution in [0.5, 0.6) is 5.75 Å². The van der Waals surface area contributed by atoms with Crippen molar-refractivity contribution in [3.63, 3.8) is 0 Å². The molecule has 0 atom stereocenters. The van der Waals surface area contributed by atoms with Crippen LogP contribution in [-0.2, 0) is 0 Å². The molecule has 0 fully saturated rings. The van der Waals surface area contributed by atoms with Gasteiger partial charge in [0, 0.05) is 5.56 Å². The predicted molar refractivity (Wildman–Crippen MR) is 55.6 cm³/mol. The van der Waals surface area contributed by atoms with Gasteiger partial charge in [0.1, 0.15) is 12.0 Å². The Morgan fingerprint density at radius 3 is 2.54 bits per heavy atom. The lowest BCUT2D eigenvalue weighted by Gasteiger charge is -2.11. The summed E-state index contributed by atoms with van der Waals surface area (Å²) in [6, 6.07) is 1.83. The minimum atomic E-state index is 0.699. The van der Waals surface area contributed by atoms with Gasteiger partial charge in [-0.25, -0.2) is 0 Å². The maximum Gasteiger partial charge on any atom is 0.150 e. The van der Waals surface area contributed by atoms with Crippen LogP contribution in [0.3, 0.4) is 0 Å². The molecular weight excluding hydrogens is 232 g/mol. The summed E-state index contributed by atoms with van der Waals surface area (Å²) < 4.78 is 6.05. The van der Waals surface area contributed by atoms with Crippen LogP contribution in [0.4, 0.5) is 0 Å². The number of carbonyl (C=O) groups excluding carboxylic acids is 1. The fraction of sp³-hybridized carbons (Fsp3) is 0.300. The standard InChI is InChI=1S/C10H11BrO2/c1-6-4-8(5-12)7(2)9(11)10(6)13-3/h4-5H,1-3H3. The summed E-state index contributed by atoms with van der Waals surface area (Å²) >= 11 is 3.40. The van der Waals surface area contributed by atoms with Crippen molar-refractivity contribution in [3.8, 4) is 5.75 Å². The third-order valence-corrected chi connectivity index (χ3v) is 2.98. The molecule has 3 heteroatoms. The predicted octanol–water partition coefficient (Wildman–Crippen LogP) is 2.89. The zero-order valence-corrected chi connectivity index (χ0v) is 9.44. The van der Waals surface area contributed by atoms with Gasteiger partial charge < -0.3 is 4.74 Å². The highest BCUT2D eigenvalue weighted by Gasteiger charge is 2.10. The van der Waals surface area contributed by atoms with Gasteiger partial charge in [0.15, 0.2) is 0 Å². The van der Waals surface area contributed by atoms with E-state index in [1.807, 2.05) is 19.9 Å². The molecule has 0 heterocycles. The largest absolute Gasteiger partial charge is 0.495 e. The number of aryl methyl sites for hydroxylation is 1. The van der Waals surface area contributed by atoms with E-state index in [0.29, 0.717) is 5.56 Å². The Labute approximate surface area is 86.0 Å². The van der Waals surface area contributed by atoms with Gasteiger partial charge in [-0.15, -0.1) is 0 Å². The molecule has 1 rings (SSSR count). The zero-order chi connectivity index (χ0) is 10.0. The molecule has 0 bridgehead atoms. The summed E-state index contributed by atoms with van der Waals surface area (Å²) in [5, 5.41) is 0. The van der Waals surface area contributed by atoms with Crippen molar-refractivity contribution in [1.29, 1.82) is 0 Å². The Bertz CT molecular complexity index is 345. The molecule has 0 spiro atoms. The lowest BCUT2D eigenvalue weighted by molar-refractivity contribution is 0.112. The number of rotatable bonds is 2. The van der Waals surface area contributed by atoms with Crippen molar-refractivity contribution in [1.82, 2.24) is 0 Å². The fourth-order valence-corrected chi connectivity index (χ4v) is 1.95. The molecule has 0 N–H and O–H groups in total. The number of aldehydes is 1. The lowest BCUT2D eigenvalue weighted by atomic mass is 10.1. The first kappa shape index (κ1) is 10.3. The van der Waals surface area contributed by atoms with E-state index in [1.54, 1.807) is 7.11 Å². The third kappa shape index (κ3) is 1.75. The van der Waals surface area contributed by atoms with Gasteiger partial charge in [0.05, 0.1) is 11.6 Å². The Balaban J connectivity index is 3.45. The van der Waals surface area contributed by atoms with Gasteiger partial charge in [-0.3, -0.25) is 4.79 Å². The molecular formula is C10H11BrO2. The minimum absolute atomic E-state index is 0.699. The SMILES string of the molecule is COc1c(C)cc(C=O)c(C)c1Br. The molecule has 0 aromatic heterocycles. The molecule has 1 aromatic rings.